The minimum absolute atomic E-state index is 0.0739. The Morgan fingerprint density at radius 2 is 1.73 bits per heavy atom. The van der Waals surface area contributed by atoms with Gasteiger partial charge in [-0.15, -0.1) is 0 Å². The van der Waals surface area contributed by atoms with Crippen molar-refractivity contribution in [2.75, 3.05) is 5.73 Å². The molecule has 194 valence electrons. The highest BCUT2D eigenvalue weighted by molar-refractivity contribution is 5.94. The summed E-state index contributed by atoms with van der Waals surface area (Å²) in [5, 5.41) is 0. The summed E-state index contributed by atoms with van der Waals surface area (Å²) < 4.78 is 36.1. The molecular formula is C30H32F2N2O3. The summed E-state index contributed by atoms with van der Waals surface area (Å²) in [7, 11) is 0. The highest BCUT2D eigenvalue weighted by Crippen LogP contribution is 2.34. The zero-order chi connectivity index (χ0) is 27.3. The Kier molecular flexibility index (Phi) is 8.48. The van der Waals surface area contributed by atoms with E-state index in [4.69, 9.17) is 10.5 Å². The van der Waals surface area contributed by atoms with Crippen LogP contribution in [-0.2, 0) is 12.5 Å². The van der Waals surface area contributed by atoms with Gasteiger partial charge < -0.3 is 15.0 Å². The Morgan fingerprint density at radius 1 is 1.05 bits per heavy atom. The summed E-state index contributed by atoms with van der Waals surface area (Å²) in [4.78, 5) is 24.9. The molecule has 37 heavy (non-hydrogen) atoms. The van der Waals surface area contributed by atoms with Gasteiger partial charge in [0, 0.05) is 12.5 Å². The van der Waals surface area contributed by atoms with Gasteiger partial charge in [0.25, 0.3) is 11.5 Å². The maximum Gasteiger partial charge on any atom is 0.274 e. The number of pyridine rings is 1. The van der Waals surface area contributed by atoms with Crippen LogP contribution in [0.5, 0.6) is 11.5 Å². The number of anilines is 1. The van der Waals surface area contributed by atoms with Gasteiger partial charge in [-0.3, -0.25) is 9.59 Å². The average Bonchev–Trinajstić information content (AvgIpc) is 2.84. The van der Waals surface area contributed by atoms with Crippen LogP contribution in [0.25, 0.3) is 11.3 Å². The number of nitrogen functional groups attached to an aromatic ring is 1. The van der Waals surface area contributed by atoms with Crippen molar-refractivity contribution in [3.63, 3.8) is 0 Å². The van der Waals surface area contributed by atoms with Gasteiger partial charge in [0.15, 0.2) is 5.78 Å². The van der Waals surface area contributed by atoms with E-state index in [1.54, 1.807) is 48.5 Å². The number of allylic oxidation sites excluding steroid dienone is 4. The molecule has 0 spiro atoms. The number of Topliss-reactive ketones (excluding diaryl/α,β-unsaturated/α-hetero) is 1. The van der Waals surface area contributed by atoms with Crippen LogP contribution in [0.15, 0.2) is 82.7 Å². The number of carbonyl (C=O) groups is 1. The summed E-state index contributed by atoms with van der Waals surface area (Å²) in [6.45, 7) is 8.27. The molecule has 0 bridgehead atoms. The lowest BCUT2D eigenvalue weighted by Crippen LogP contribution is -2.29. The second-order valence-corrected chi connectivity index (χ2v) is 9.18. The largest absolute Gasteiger partial charge is 0.457 e. The molecule has 0 saturated carbocycles. The van der Waals surface area contributed by atoms with Gasteiger partial charge in [0.1, 0.15) is 17.2 Å². The van der Waals surface area contributed by atoms with Crippen LogP contribution in [0.4, 0.5) is 14.5 Å². The van der Waals surface area contributed by atoms with Crippen LogP contribution in [0, 0.1) is 0 Å². The number of alkyl halides is 2. The minimum Gasteiger partial charge on any atom is -0.457 e. The molecule has 5 nitrogen and oxygen atoms in total. The Bertz CT molecular complexity index is 1410. The Morgan fingerprint density at radius 3 is 2.30 bits per heavy atom. The third-order valence-electron chi connectivity index (χ3n) is 5.96. The fraction of sp³-hybridized carbons (Fsp3) is 0.267. The van der Waals surface area contributed by atoms with Crippen LogP contribution in [0.3, 0.4) is 0 Å². The first-order valence-electron chi connectivity index (χ1n) is 12.1. The monoisotopic (exact) mass is 506 g/mol. The number of nitrogens with two attached hydrogens (primary N) is 1. The molecular weight excluding hydrogens is 474 g/mol. The summed E-state index contributed by atoms with van der Waals surface area (Å²) in [5.41, 5.74) is 7.59. The molecule has 0 amide bonds. The van der Waals surface area contributed by atoms with E-state index in [1.165, 1.54) is 17.6 Å². The smallest absolute Gasteiger partial charge is 0.274 e. The lowest BCUT2D eigenvalue weighted by atomic mass is 10.0. The summed E-state index contributed by atoms with van der Waals surface area (Å²) in [6.07, 6.45) is 4.74. The standard InChI is InChI=1S/C30H32F2N2O3/c1-6-7-9-23(19(2)3)18-34-27(17-26(30(5,31)32)28(33)29(34)36)21-12-14-24(15-13-21)37-25-11-8-10-22(16-25)20(4)35/h7-17H,6,18,33H2,1-5H3/b9-7-. The van der Waals surface area contributed by atoms with Gasteiger partial charge in [-0.05, 0) is 80.8 Å². The lowest BCUT2D eigenvalue weighted by Gasteiger charge is -2.21. The first-order valence-corrected chi connectivity index (χ1v) is 12.1. The van der Waals surface area contributed by atoms with E-state index < -0.39 is 22.7 Å². The molecule has 0 atom stereocenters. The first kappa shape index (κ1) is 27.6. The second kappa shape index (κ2) is 11.4. The third-order valence-corrected chi connectivity index (χ3v) is 5.96. The number of hydrogen-bond donors (Lipinski definition) is 1. The number of carbonyl (C=O) groups excluding carboxylic acids is 1. The summed E-state index contributed by atoms with van der Waals surface area (Å²) in [6, 6.07) is 14.9. The zero-order valence-corrected chi connectivity index (χ0v) is 21.8. The van der Waals surface area contributed by atoms with Crippen molar-refractivity contribution in [2.24, 2.45) is 0 Å². The zero-order valence-electron chi connectivity index (χ0n) is 21.8. The number of hydrogen-bond acceptors (Lipinski definition) is 4. The second-order valence-electron chi connectivity index (χ2n) is 9.18. The SMILES string of the molecule is CC/C=C\C(Cn1c(-c2ccc(Oc3cccc(C(C)=O)c3)cc2)cc(C(C)(F)F)c(N)c1=O)=C(C)C. The van der Waals surface area contributed by atoms with Crippen LogP contribution >= 0.6 is 0 Å². The number of ether oxygens (including phenoxy) is 1. The van der Waals surface area contributed by atoms with Gasteiger partial charge in [-0.2, -0.15) is 0 Å². The molecule has 0 aliphatic heterocycles. The third kappa shape index (κ3) is 6.61. The van der Waals surface area contributed by atoms with E-state index in [0.717, 1.165) is 24.5 Å². The van der Waals surface area contributed by atoms with Crippen molar-refractivity contribution < 1.29 is 18.3 Å². The fourth-order valence-electron chi connectivity index (χ4n) is 3.84. The van der Waals surface area contributed by atoms with Gasteiger partial charge in [0.2, 0.25) is 0 Å². The first-order chi connectivity index (χ1) is 17.4. The molecule has 0 saturated heterocycles. The van der Waals surface area contributed by atoms with Crippen LogP contribution < -0.4 is 16.0 Å². The van der Waals surface area contributed by atoms with Crippen molar-refractivity contribution in [2.45, 2.75) is 53.5 Å². The summed E-state index contributed by atoms with van der Waals surface area (Å²) >= 11 is 0. The number of benzene rings is 2. The molecule has 2 aromatic carbocycles. The molecule has 0 aliphatic carbocycles. The van der Waals surface area contributed by atoms with Gasteiger partial charge in [-0.1, -0.05) is 36.8 Å². The van der Waals surface area contributed by atoms with Crippen molar-refractivity contribution in [3.8, 4) is 22.8 Å². The predicted molar refractivity (Wildman–Crippen MR) is 144 cm³/mol. The van der Waals surface area contributed by atoms with Gasteiger partial charge in [-0.25, -0.2) is 8.78 Å². The number of rotatable bonds is 9. The Hall–Kier alpha value is -4.00. The minimum atomic E-state index is -3.29. The topological polar surface area (TPSA) is 74.3 Å². The highest BCUT2D eigenvalue weighted by atomic mass is 19.3. The molecule has 0 radical (unpaired) electrons. The normalized spacial score (nSPS) is 11.5. The maximum atomic E-state index is 14.4. The average molecular weight is 507 g/mol. The van der Waals surface area contributed by atoms with Crippen molar-refractivity contribution in [1.29, 1.82) is 0 Å². The number of ketones is 1. The highest BCUT2D eigenvalue weighted by Gasteiger charge is 2.30. The van der Waals surface area contributed by atoms with Crippen molar-refractivity contribution in [3.05, 3.63) is 99.4 Å². The summed E-state index contributed by atoms with van der Waals surface area (Å²) in [5.74, 6) is -2.38. The fourth-order valence-corrected chi connectivity index (χ4v) is 3.84. The molecule has 2 N–H and O–H groups in total. The van der Waals surface area contributed by atoms with Crippen LogP contribution in [0.2, 0.25) is 0 Å². The number of aromatic nitrogens is 1. The molecule has 1 aromatic heterocycles. The van der Waals surface area contributed by atoms with E-state index >= 15 is 0 Å². The van der Waals surface area contributed by atoms with Crippen LogP contribution in [-0.4, -0.2) is 10.4 Å². The predicted octanol–water partition coefficient (Wildman–Crippen LogP) is 7.51. The molecule has 1 heterocycles. The molecule has 3 rings (SSSR count). The van der Waals surface area contributed by atoms with Gasteiger partial charge >= 0.3 is 0 Å². The Balaban J connectivity index is 2.09. The molecule has 0 fully saturated rings. The van der Waals surface area contributed by atoms with E-state index in [2.05, 4.69) is 0 Å². The van der Waals surface area contributed by atoms with Crippen LogP contribution in [0.1, 0.15) is 57.0 Å². The molecule has 0 unspecified atom stereocenters. The molecule has 7 heteroatoms. The number of halogens is 2. The maximum absolute atomic E-state index is 14.4. The van der Waals surface area contributed by atoms with Crippen molar-refractivity contribution >= 4 is 11.5 Å². The Labute approximate surface area is 215 Å². The van der Waals surface area contributed by atoms with E-state index in [9.17, 15) is 18.4 Å². The number of nitrogens with zero attached hydrogens (tertiary/aromatic N) is 1. The quantitative estimate of drug-likeness (QED) is 0.241. The lowest BCUT2D eigenvalue weighted by molar-refractivity contribution is 0.0181. The van der Waals surface area contributed by atoms with Gasteiger partial charge in [0.05, 0.1) is 17.8 Å². The van der Waals surface area contributed by atoms with E-state index in [0.29, 0.717) is 28.3 Å². The molecule has 3 aromatic rings. The molecule has 0 aliphatic rings. The van der Waals surface area contributed by atoms with E-state index in [-0.39, 0.29) is 12.3 Å². The van der Waals surface area contributed by atoms with E-state index in [1.807, 2.05) is 32.9 Å². The van der Waals surface area contributed by atoms with Crippen molar-refractivity contribution in [1.82, 2.24) is 4.57 Å².